The maximum Gasteiger partial charge on any atom is 0.252 e. The van der Waals surface area contributed by atoms with Crippen LogP contribution in [-0.2, 0) is 5.41 Å². The molecule has 0 saturated heterocycles. The smallest absolute Gasteiger partial charge is 0.252 e. The quantitative estimate of drug-likeness (QED) is 0.186. The molecule has 2 fully saturated rings. The molecule has 2 saturated carbocycles. The van der Waals surface area contributed by atoms with E-state index in [0.717, 1.165) is 11.8 Å². The Morgan fingerprint density at radius 1 is 0.457 bits per heavy atom. The number of rotatable bonds is 2. The van der Waals surface area contributed by atoms with Gasteiger partial charge in [0.05, 0.1) is 0 Å². The zero-order valence-corrected chi connectivity index (χ0v) is 25.7. The van der Waals surface area contributed by atoms with E-state index in [0.29, 0.717) is 0 Å². The molecule has 0 N–H and O–H groups in total. The molecule has 0 amide bonds. The summed E-state index contributed by atoms with van der Waals surface area (Å²) >= 11 is 0. The van der Waals surface area contributed by atoms with Crippen molar-refractivity contribution in [3.8, 4) is 11.1 Å². The highest BCUT2D eigenvalue weighted by Crippen LogP contribution is 2.68. The van der Waals surface area contributed by atoms with Gasteiger partial charge in [-0.05, 0) is 125 Å². The predicted octanol–water partition coefficient (Wildman–Crippen LogP) is 8.86. The minimum atomic E-state index is 0.155. The number of fused-ring (bicyclic) bond motifs is 7. The Hall–Kier alpha value is -5.02. The Kier molecular flexibility index (Phi) is 4.95. The molecule has 218 valence electrons. The standard InChI is InChI=1S/C43H33BN2/c1-3-12-30(13-4-1)45-38-19-10-9-18-36(38)44-37-27-35-33(32-16-7-8-17-34(32)43(35)28-22-23-29(43)25-24-28)26-41(37)46(31-14-5-2-6-15-31)40-21-11-20-39(45)42(40)44/h1-21,26-29H,22-25H2. The molecular formula is C43H33BN2. The summed E-state index contributed by atoms with van der Waals surface area (Å²) in [5.74, 6) is 1.48. The maximum atomic E-state index is 2.70. The van der Waals surface area contributed by atoms with E-state index in [1.54, 1.807) is 11.1 Å². The van der Waals surface area contributed by atoms with E-state index in [9.17, 15) is 0 Å². The topological polar surface area (TPSA) is 6.48 Å². The van der Waals surface area contributed by atoms with Crippen LogP contribution in [0, 0.1) is 11.8 Å². The molecule has 0 aromatic heterocycles. The molecule has 1 spiro atoms. The first-order valence-corrected chi connectivity index (χ1v) is 17.0. The molecule has 6 aromatic carbocycles. The van der Waals surface area contributed by atoms with E-state index < -0.39 is 0 Å². The monoisotopic (exact) mass is 588 g/mol. The highest BCUT2D eigenvalue weighted by atomic mass is 15.2. The first-order valence-electron chi connectivity index (χ1n) is 17.0. The Morgan fingerprint density at radius 2 is 1.02 bits per heavy atom. The van der Waals surface area contributed by atoms with Crippen molar-refractivity contribution in [2.45, 2.75) is 31.1 Å². The molecule has 0 radical (unpaired) electrons. The largest absolute Gasteiger partial charge is 0.311 e. The van der Waals surface area contributed by atoms with Crippen molar-refractivity contribution >= 4 is 57.2 Å². The third-order valence-corrected chi connectivity index (χ3v) is 12.2. The molecule has 5 aliphatic rings. The van der Waals surface area contributed by atoms with Crippen LogP contribution in [0.25, 0.3) is 11.1 Å². The highest BCUT2D eigenvalue weighted by Gasteiger charge is 2.60. The lowest BCUT2D eigenvalue weighted by molar-refractivity contribution is 0.400. The van der Waals surface area contributed by atoms with Crippen molar-refractivity contribution in [1.29, 1.82) is 0 Å². The summed E-state index contributed by atoms with van der Waals surface area (Å²) in [6.07, 6.45) is 5.43. The van der Waals surface area contributed by atoms with Gasteiger partial charge in [-0.25, -0.2) is 0 Å². The summed E-state index contributed by atoms with van der Waals surface area (Å²) in [7, 11) is 0. The van der Waals surface area contributed by atoms with E-state index in [2.05, 4.69) is 149 Å². The molecule has 2 heterocycles. The van der Waals surface area contributed by atoms with Gasteiger partial charge in [0.2, 0.25) is 0 Å². The number of anilines is 6. The minimum absolute atomic E-state index is 0.155. The summed E-state index contributed by atoms with van der Waals surface area (Å²) < 4.78 is 0. The van der Waals surface area contributed by atoms with Crippen LogP contribution in [-0.4, -0.2) is 6.71 Å². The summed E-state index contributed by atoms with van der Waals surface area (Å²) in [5, 5.41) is 0. The summed E-state index contributed by atoms with van der Waals surface area (Å²) in [6.45, 7) is 0.155. The fraction of sp³-hybridized carbons (Fsp3) is 0.163. The molecular weight excluding hydrogens is 555 g/mol. The lowest BCUT2D eigenvalue weighted by atomic mass is 9.33. The Bertz CT molecular complexity index is 2190. The van der Waals surface area contributed by atoms with E-state index >= 15 is 0 Å². The summed E-state index contributed by atoms with van der Waals surface area (Å²) in [6, 6.07) is 52.7. The third kappa shape index (κ3) is 3.00. The first kappa shape index (κ1) is 25.2. The normalized spacial score (nSPS) is 22.4. The van der Waals surface area contributed by atoms with Gasteiger partial charge in [0.15, 0.2) is 0 Å². The van der Waals surface area contributed by atoms with Gasteiger partial charge in [-0.1, -0.05) is 91.0 Å². The Balaban J connectivity index is 1.25. The summed E-state index contributed by atoms with van der Waals surface area (Å²) in [5.41, 5.74) is 18.1. The van der Waals surface area contributed by atoms with Gasteiger partial charge in [0.1, 0.15) is 0 Å². The van der Waals surface area contributed by atoms with Crippen LogP contribution in [0.2, 0.25) is 0 Å². The Labute approximate surface area is 271 Å². The van der Waals surface area contributed by atoms with Crippen LogP contribution in [0.5, 0.6) is 0 Å². The highest BCUT2D eigenvalue weighted by molar-refractivity contribution is 7.00. The van der Waals surface area contributed by atoms with Crippen molar-refractivity contribution in [3.63, 3.8) is 0 Å². The van der Waals surface area contributed by atoms with Crippen molar-refractivity contribution in [2.75, 3.05) is 9.80 Å². The van der Waals surface area contributed by atoms with Gasteiger partial charge in [-0.15, -0.1) is 0 Å². The van der Waals surface area contributed by atoms with Crippen molar-refractivity contribution in [3.05, 3.63) is 151 Å². The zero-order valence-electron chi connectivity index (χ0n) is 25.7. The molecule has 2 nitrogen and oxygen atoms in total. The number of hydrogen-bond donors (Lipinski definition) is 0. The van der Waals surface area contributed by atoms with Gasteiger partial charge in [0, 0.05) is 39.5 Å². The summed E-state index contributed by atoms with van der Waals surface area (Å²) in [4.78, 5) is 5.04. The SMILES string of the molecule is c1ccc(N2c3ccccc3B3c4cc5c(cc4N(c4ccccc4)c4cccc2c43)-c2ccccc2C52C3CCC2CC3)cc1. The first-order chi connectivity index (χ1) is 22.8. The van der Waals surface area contributed by atoms with E-state index in [1.165, 1.54) is 87.3 Å². The zero-order chi connectivity index (χ0) is 30.0. The van der Waals surface area contributed by atoms with Crippen molar-refractivity contribution in [1.82, 2.24) is 0 Å². The van der Waals surface area contributed by atoms with E-state index in [-0.39, 0.29) is 12.1 Å². The van der Waals surface area contributed by atoms with E-state index in [1.807, 2.05) is 0 Å². The van der Waals surface area contributed by atoms with Crippen LogP contribution in [0.3, 0.4) is 0 Å². The van der Waals surface area contributed by atoms with Gasteiger partial charge < -0.3 is 9.80 Å². The molecule has 0 atom stereocenters. The molecule has 6 aromatic rings. The van der Waals surface area contributed by atoms with Crippen LogP contribution in [0.1, 0.15) is 36.8 Å². The Morgan fingerprint density at radius 3 is 1.72 bits per heavy atom. The third-order valence-electron chi connectivity index (χ3n) is 12.2. The molecule has 0 unspecified atom stereocenters. The number of para-hydroxylation sites is 3. The van der Waals surface area contributed by atoms with Gasteiger partial charge in [-0.3, -0.25) is 0 Å². The van der Waals surface area contributed by atoms with Gasteiger partial charge in [0.25, 0.3) is 6.71 Å². The molecule has 2 aliphatic heterocycles. The van der Waals surface area contributed by atoms with Gasteiger partial charge in [-0.2, -0.15) is 0 Å². The minimum Gasteiger partial charge on any atom is -0.311 e. The fourth-order valence-corrected chi connectivity index (χ4v) is 10.6. The second kappa shape index (κ2) is 9.04. The van der Waals surface area contributed by atoms with Crippen LogP contribution >= 0.6 is 0 Å². The van der Waals surface area contributed by atoms with Crippen LogP contribution in [0.15, 0.2) is 140 Å². The predicted molar refractivity (Wildman–Crippen MR) is 192 cm³/mol. The van der Waals surface area contributed by atoms with Crippen LogP contribution in [0.4, 0.5) is 34.1 Å². The molecule has 46 heavy (non-hydrogen) atoms. The molecule has 2 bridgehead atoms. The lowest BCUT2D eigenvalue weighted by Crippen LogP contribution is -2.61. The average Bonchev–Trinajstić information content (AvgIpc) is 3.77. The fourth-order valence-electron chi connectivity index (χ4n) is 10.6. The number of nitrogens with zero attached hydrogens (tertiary/aromatic N) is 2. The lowest BCUT2D eigenvalue weighted by Gasteiger charge is -2.44. The maximum absolute atomic E-state index is 2.70. The van der Waals surface area contributed by atoms with Gasteiger partial charge >= 0.3 is 0 Å². The average molecular weight is 589 g/mol. The van der Waals surface area contributed by atoms with Crippen molar-refractivity contribution in [2.24, 2.45) is 11.8 Å². The molecule has 3 aliphatic carbocycles. The second-order valence-electron chi connectivity index (χ2n) is 14.0. The molecule has 3 heteroatoms. The van der Waals surface area contributed by atoms with Crippen molar-refractivity contribution < 1.29 is 0 Å². The van der Waals surface area contributed by atoms with Crippen LogP contribution < -0.4 is 26.2 Å². The number of benzene rings is 6. The van der Waals surface area contributed by atoms with E-state index in [4.69, 9.17) is 0 Å². The molecule has 11 rings (SSSR count). The second-order valence-corrected chi connectivity index (χ2v) is 14.0. The number of hydrogen-bond acceptors (Lipinski definition) is 2.